The van der Waals surface area contributed by atoms with Gasteiger partial charge in [0.1, 0.15) is 13.2 Å². The van der Waals surface area contributed by atoms with Crippen LogP contribution in [-0.2, 0) is 28.6 Å². The van der Waals surface area contributed by atoms with Crippen LogP contribution in [0.4, 0.5) is 0 Å². The van der Waals surface area contributed by atoms with Crippen molar-refractivity contribution in [3.05, 3.63) is 0 Å². The number of hydrogen-bond acceptors (Lipinski definition) is 6. The van der Waals surface area contributed by atoms with Gasteiger partial charge in [0.05, 0.1) is 0 Å². The number of rotatable bonds is 45. The van der Waals surface area contributed by atoms with E-state index in [2.05, 4.69) is 34.6 Å². The van der Waals surface area contributed by atoms with Crippen LogP contribution in [0.3, 0.4) is 0 Å². The molecule has 0 spiro atoms. The number of hydrogen-bond donors (Lipinski definition) is 0. The molecule has 0 amide bonds. The number of carbonyl (C=O) groups is 3. The average molecular weight is 807 g/mol. The van der Waals surface area contributed by atoms with E-state index >= 15 is 0 Å². The zero-order chi connectivity index (χ0) is 41.9. The Morgan fingerprint density at radius 1 is 0.333 bits per heavy atom. The van der Waals surface area contributed by atoms with E-state index in [1.807, 2.05) is 0 Å². The molecule has 0 unspecified atom stereocenters. The summed E-state index contributed by atoms with van der Waals surface area (Å²) in [5, 5.41) is 0. The summed E-state index contributed by atoms with van der Waals surface area (Å²) < 4.78 is 16.8. The lowest BCUT2D eigenvalue weighted by atomic mass is 10.0. The monoisotopic (exact) mass is 807 g/mol. The third kappa shape index (κ3) is 45.3. The second kappa shape index (κ2) is 44.0. The predicted molar refractivity (Wildman–Crippen MR) is 243 cm³/mol. The van der Waals surface area contributed by atoms with Gasteiger partial charge < -0.3 is 14.2 Å². The maximum atomic E-state index is 12.8. The molecule has 0 rings (SSSR count). The molecule has 0 N–H and O–H groups in total. The molecule has 0 aliphatic carbocycles. The van der Waals surface area contributed by atoms with Crippen LogP contribution in [0.1, 0.15) is 279 Å². The Labute approximate surface area is 355 Å². The molecule has 0 radical (unpaired) electrons. The van der Waals surface area contributed by atoms with Crippen molar-refractivity contribution in [1.82, 2.24) is 0 Å². The molecule has 6 nitrogen and oxygen atoms in total. The van der Waals surface area contributed by atoms with Crippen LogP contribution in [0, 0.1) is 11.8 Å². The minimum absolute atomic E-state index is 0.0641. The van der Waals surface area contributed by atoms with Gasteiger partial charge in [-0.2, -0.15) is 0 Å². The SMILES string of the molecule is CCCCCCCCCCCCCCC(=O)OC[C@H](COC(=O)CCCCCCCCCCC(C)C)OC(=O)CCCCCCCCCCCCCCCC(C)C. The minimum Gasteiger partial charge on any atom is -0.462 e. The van der Waals surface area contributed by atoms with Gasteiger partial charge >= 0.3 is 17.9 Å². The van der Waals surface area contributed by atoms with E-state index < -0.39 is 6.10 Å². The number of unbranched alkanes of at least 4 members (excludes halogenated alkanes) is 30. The van der Waals surface area contributed by atoms with Gasteiger partial charge in [-0.3, -0.25) is 14.4 Å². The lowest BCUT2D eigenvalue weighted by Gasteiger charge is -2.18. The maximum absolute atomic E-state index is 12.8. The largest absolute Gasteiger partial charge is 0.462 e. The molecule has 0 aliphatic heterocycles. The predicted octanol–water partition coefficient (Wildman–Crippen LogP) is 16.1. The van der Waals surface area contributed by atoms with Crippen molar-refractivity contribution in [3.63, 3.8) is 0 Å². The highest BCUT2D eigenvalue weighted by atomic mass is 16.6. The summed E-state index contributed by atoms with van der Waals surface area (Å²) in [7, 11) is 0. The van der Waals surface area contributed by atoms with Crippen LogP contribution >= 0.6 is 0 Å². The third-order valence-electron chi connectivity index (χ3n) is 11.5. The minimum atomic E-state index is -0.761. The molecule has 0 fully saturated rings. The Bertz CT molecular complexity index is 870. The molecule has 0 heterocycles. The van der Waals surface area contributed by atoms with Crippen molar-refractivity contribution in [2.24, 2.45) is 11.8 Å². The number of esters is 3. The summed E-state index contributed by atoms with van der Waals surface area (Å²) in [5.74, 6) is 0.783. The molecule has 0 aromatic carbocycles. The quantitative estimate of drug-likeness (QED) is 0.0346. The standard InChI is InChI=1S/C51H98O6/c1-6-7-8-9-10-11-12-17-20-26-31-36-41-49(52)55-44-48(45-56-50(53)42-37-32-27-23-22-25-30-35-40-47(4)5)57-51(54)43-38-33-28-21-18-15-13-14-16-19-24-29-34-39-46(2)3/h46-48H,6-45H2,1-5H3/t48-/m1/s1. The lowest BCUT2D eigenvalue weighted by Crippen LogP contribution is -2.30. The molecule has 0 saturated heterocycles. The second-order valence-corrected chi connectivity index (χ2v) is 18.4. The normalized spacial score (nSPS) is 12.1. The zero-order valence-electron chi connectivity index (χ0n) is 39.0. The van der Waals surface area contributed by atoms with Crippen LogP contribution in [0.15, 0.2) is 0 Å². The van der Waals surface area contributed by atoms with Crippen LogP contribution in [0.2, 0.25) is 0 Å². The van der Waals surface area contributed by atoms with Gasteiger partial charge in [-0.25, -0.2) is 0 Å². The Morgan fingerprint density at radius 3 is 0.860 bits per heavy atom. The van der Waals surface area contributed by atoms with Crippen molar-refractivity contribution in [2.75, 3.05) is 13.2 Å². The fourth-order valence-corrected chi connectivity index (χ4v) is 7.64. The van der Waals surface area contributed by atoms with Gasteiger partial charge in [-0.15, -0.1) is 0 Å². The van der Waals surface area contributed by atoms with E-state index in [9.17, 15) is 14.4 Å². The highest BCUT2D eigenvalue weighted by molar-refractivity contribution is 5.71. The number of ether oxygens (including phenoxy) is 3. The molecule has 0 aromatic rings. The summed E-state index contributed by atoms with van der Waals surface area (Å²) in [6.45, 7) is 11.3. The molecule has 57 heavy (non-hydrogen) atoms. The van der Waals surface area contributed by atoms with E-state index in [0.717, 1.165) is 69.6 Å². The van der Waals surface area contributed by atoms with Gasteiger partial charge in [0.15, 0.2) is 6.10 Å². The van der Waals surface area contributed by atoms with Gasteiger partial charge in [-0.1, -0.05) is 240 Å². The molecule has 6 heteroatoms. The molecule has 0 aromatic heterocycles. The fraction of sp³-hybridized carbons (Fsp3) is 0.941. The summed E-state index contributed by atoms with van der Waals surface area (Å²) in [6.07, 6.45) is 43.7. The summed E-state index contributed by atoms with van der Waals surface area (Å²) in [6, 6.07) is 0. The average Bonchev–Trinajstić information content (AvgIpc) is 3.18. The zero-order valence-corrected chi connectivity index (χ0v) is 39.0. The van der Waals surface area contributed by atoms with Crippen molar-refractivity contribution in [1.29, 1.82) is 0 Å². The van der Waals surface area contributed by atoms with E-state index in [0.29, 0.717) is 19.3 Å². The molecule has 0 saturated carbocycles. The lowest BCUT2D eigenvalue weighted by molar-refractivity contribution is -0.167. The fourth-order valence-electron chi connectivity index (χ4n) is 7.64. The molecule has 1 atom stereocenters. The van der Waals surface area contributed by atoms with Crippen LogP contribution < -0.4 is 0 Å². The Balaban J connectivity index is 4.31. The van der Waals surface area contributed by atoms with Crippen molar-refractivity contribution >= 4 is 17.9 Å². The Morgan fingerprint density at radius 2 is 0.579 bits per heavy atom. The smallest absolute Gasteiger partial charge is 0.306 e. The second-order valence-electron chi connectivity index (χ2n) is 18.4. The molecular formula is C51H98O6. The summed E-state index contributed by atoms with van der Waals surface area (Å²) in [5.41, 5.74) is 0. The van der Waals surface area contributed by atoms with Crippen LogP contribution in [0.25, 0.3) is 0 Å². The van der Waals surface area contributed by atoms with Gasteiger partial charge in [0.2, 0.25) is 0 Å². The van der Waals surface area contributed by atoms with Gasteiger partial charge in [-0.05, 0) is 31.1 Å². The summed E-state index contributed by atoms with van der Waals surface area (Å²) in [4.78, 5) is 37.9. The first-order chi connectivity index (χ1) is 27.7. The third-order valence-corrected chi connectivity index (χ3v) is 11.5. The van der Waals surface area contributed by atoms with Crippen LogP contribution in [-0.4, -0.2) is 37.2 Å². The summed E-state index contributed by atoms with van der Waals surface area (Å²) >= 11 is 0. The first kappa shape index (κ1) is 55.4. The molecular weight excluding hydrogens is 709 g/mol. The van der Waals surface area contributed by atoms with E-state index in [1.165, 1.54) is 167 Å². The molecule has 338 valence electrons. The highest BCUT2D eigenvalue weighted by Crippen LogP contribution is 2.17. The van der Waals surface area contributed by atoms with Gasteiger partial charge in [0.25, 0.3) is 0 Å². The first-order valence-electron chi connectivity index (χ1n) is 25.2. The molecule has 0 aliphatic rings. The number of carbonyl (C=O) groups excluding carboxylic acids is 3. The van der Waals surface area contributed by atoms with E-state index in [1.54, 1.807) is 0 Å². The topological polar surface area (TPSA) is 78.9 Å². The Kier molecular flexibility index (Phi) is 42.7. The van der Waals surface area contributed by atoms with Crippen molar-refractivity contribution in [3.8, 4) is 0 Å². The van der Waals surface area contributed by atoms with E-state index in [4.69, 9.17) is 14.2 Å². The molecule has 0 bridgehead atoms. The Hall–Kier alpha value is -1.59. The van der Waals surface area contributed by atoms with E-state index in [-0.39, 0.29) is 31.1 Å². The first-order valence-corrected chi connectivity index (χ1v) is 25.2. The maximum Gasteiger partial charge on any atom is 0.306 e. The van der Waals surface area contributed by atoms with Gasteiger partial charge in [0, 0.05) is 19.3 Å². The van der Waals surface area contributed by atoms with Crippen molar-refractivity contribution < 1.29 is 28.6 Å². The van der Waals surface area contributed by atoms with Crippen molar-refractivity contribution in [2.45, 2.75) is 285 Å². The highest BCUT2D eigenvalue weighted by Gasteiger charge is 2.19. The van der Waals surface area contributed by atoms with Crippen LogP contribution in [0.5, 0.6) is 0 Å².